The molecule has 0 unspecified atom stereocenters. The Balaban J connectivity index is 3.05. The predicted octanol–water partition coefficient (Wildman–Crippen LogP) is 1.33. The van der Waals surface area contributed by atoms with Crippen molar-refractivity contribution in [2.45, 2.75) is 0 Å². The van der Waals surface area contributed by atoms with Crippen LogP contribution in [0, 0.1) is 0 Å². The molecule has 2 nitrogen and oxygen atoms in total. The molecule has 0 bridgehead atoms. The van der Waals surface area contributed by atoms with Gasteiger partial charge in [-0.05, 0) is 11.6 Å². The van der Waals surface area contributed by atoms with Crippen LogP contribution in [0.1, 0.15) is 0 Å². The summed E-state index contributed by atoms with van der Waals surface area (Å²) in [6.45, 7) is 0. The lowest BCUT2D eigenvalue weighted by atomic mass is 11.0. The molecule has 1 aromatic rings. The fourth-order valence-corrected chi connectivity index (χ4v) is 0.314. The predicted molar refractivity (Wildman–Crippen MR) is 21.5 cm³/mol. The Hall–Kier alpha value is -0.500. The van der Waals surface area contributed by atoms with E-state index in [1.165, 1.54) is 12.5 Å². The highest BCUT2D eigenvalue weighted by Gasteiger charge is 1.81. The summed E-state index contributed by atoms with van der Waals surface area (Å²) in [5.41, 5.74) is 0. The average molecular weight is 104 g/mol. The van der Waals surface area contributed by atoms with Crippen LogP contribution in [0.2, 0.25) is 5.35 Å². The van der Waals surface area contributed by atoms with Crippen LogP contribution >= 0.6 is 11.6 Å². The average Bonchev–Trinajstić information content (AvgIpc) is 1.86. The SMILES string of the molecule is Clc1ncco1. The summed E-state index contributed by atoms with van der Waals surface area (Å²) >= 11 is 5.18. The van der Waals surface area contributed by atoms with Gasteiger partial charge in [-0.1, -0.05) is 0 Å². The van der Waals surface area contributed by atoms with Gasteiger partial charge in [-0.3, -0.25) is 0 Å². The highest BCUT2D eigenvalue weighted by Crippen LogP contribution is 1.99. The molecule has 0 fully saturated rings. The lowest BCUT2D eigenvalue weighted by molar-refractivity contribution is 0.560. The number of nitrogens with zero attached hydrogens (tertiary/aromatic N) is 1. The highest BCUT2D eigenvalue weighted by molar-refractivity contribution is 6.27. The fraction of sp³-hybridized carbons (Fsp3) is 0. The molecule has 0 radical (unpaired) electrons. The number of aromatic nitrogens is 1. The van der Waals surface area contributed by atoms with Gasteiger partial charge in [-0.25, -0.2) is 4.98 Å². The lowest BCUT2D eigenvalue weighted by Gasteiger charge is -1.63. The Morgan fingerprint density at radius 3 is 2.83 bits per heavy atom. The molecule has 1 heterocycles. The standard InChI is InChI=1S/C3H2ClNO/c4-3-5-1-2-6-3/h1-2H. The van der Waals surface area contributed by atoms with E-state index in [2.05, 4.69) is 9.40 Å². The summed E-state index contributed by atoms with van der Waals surface area (Å²) in [4.78, 5) is 3.52. The van der Waals surface area contributed by atoms with E-state index in [4.69, 9.17) is 11.6 Å². The molecule has 0 aliphatic carbocycles. The Labute approximate surface area is 39.7 Å². The molecule has 0 amide bonds. The van der Waals surface area contributed by atoms with E-state index >= 15 is 0 Å². The molecule has 0 N–H and O–H groups in total. The minimum absolute atomic E-state index is 0.190. The maximum atomic E-state index is 5.18. The smallest absolute Gasteiger partial charge is 0.291 e. The maximum Gasteiger partial charge on any atom is 0.291 e. The molecule has 0 aliphatic heterocycles. The molecule has 0 spiro atoms. The van der Waals surface area contributed by atoms with Crippen LogP contribution in [0.25, 0.3) is 0 Å². The van der Waals surface area contributed by atoms with E-state index < -0.39 is 0 Å². The normalized spacial score (nSPS) is 8.83. The van der Waals surface area contributed by atoms with Crippen molar-refractivity contribution >= 4 is 11.6 Å². The zero-order chi connectivity index (χ0) is 4.41. The van der Waals surface area contributed by atoms with E-state index in [0.717, 1.165) is 0 Å². The molecule has 1 aromatic heterocycles. The molecule has 0 atom stereocenters. The first-order valence-electron chi connectivity index (χ1n) is 1.44. The summed E-state index contributed by atoms with van der Waals surface area (Å²) in [5, 5.41) is 0.190. The third-order valence-electron chi connectivity index (χ3n) is 0.402. The number of halogens is 1. The van der Waals surface area contributed by atoms with Gasteiger partial charge in [0.1, 0.15) is 6.26 Å². The zero-order valence-corrected chi connectivity index (χ0v) is 3.64. The molecule has 3 heteroatoms. The van der Waals surface area contributed by atoms with Gasteiger partial charge in [0, 0.05) is 0 Å². The zero-order valence-electron chi connectivity index (χ0n) is 2.89. The highest BCUT2D eigenvalue weighted by atomic mass is 35.5. The van der Waals surface area contributed by atoms with E-state index in [-0.39, 0.29) is 5.35 Å². The molecule has 1 rings (SSSR count). The van der Waals surface area contributed by atoms with Gasteiger partial charge in [-0.2, -0.15) is 0 Å². The first-order valence-corrected chi connectivity index (χ1v) is 1.82. The Morgan fingerprint density at radius 1 is 1.83 bits per heavy atom. The third kappa shape index (κ3) is 0.518. The van der Waals surface area contributed by atoms with Gasteiger partial charge in [0.2, 0.25) is 0 Å². The van der Waals surface area contributed by atoms with Crippen molar-refractivity contribution in [1.82, 2.24) is 4.98 Å². The van der Waals surface area contributed by atoms with Crippen LogP contribution in [0.3, 0.4) is 0 Å². The molecular formula is C3H2ClNO. The molecular weight excluding hydrogens is 101 g/mol. The van der Waals surface area contributed by atoms with Gasteiger partial charge in [0.25, 0.3) is 5.35 Å². The van der Waals surface area contributed by atoms with Crippen molar-refractivity contribution in [1.29, 1.82) is 0 Å². The van der Waals surface area contributed by atoms with Crippen LogP contribution in [0.5, 0.6) is 0 Å². The van der Waals surface area contributed by atoms with Crippen molar-refractivity contribution in [2.24, 2.45) is 0 Å². The van der Waals surface area contributed by atoms with Gasteiger partial charge < -0.3 is 4.42 Å². The van der Waals surface area contributed by atoms with Crippen molar-refractivity contribution in [2.75, 3.05) is 0 Å². The number of oxazole rings is 1. The fourth-order valence-electron chi connectivity index (χ4n) is 0.206. The van der Waals surface area contributed by atoms with Crippen LogP contribution in [-0.4, -0.2) is 4.98 Å². The molecule has 6 heavy (non-hydrogen) atoms. The molecule has 32 valence electrons. The van der Waals surface area contributed by atoms with E-state index in [0.29, 0.717) is 0 Å². The first kappa shape index (κ1) is 3.68. The number of rotatable bonds is 0. The quantitative estimate of drug-likeness (QED) is 0.495. The van der Waals surface area contributed by atoms with E-state index in [1.54, 1.807) is 0 Å². The number of hydrogen-bond donors (Lipinski definition) is 0. The van der Waals surface area contributed by atoms with Gasteiger partial charge >= 0.3 is 0 Å². The van der Waals surface area contributed by atoms with Gasteiger partial charge in [-0.15, -0.1) is 0 Å². The topological polar surface area (TPSA) is 26.0 Å². The van der Waals surface area contributed by atoms with Crippen LogP contribution in [0.15, 0.2) is 16.9 Å². The minimum atomic E-state index is 0.190. The summed E-state index contributed by atoms with van der Waals surface area (Å²) in [7, 11) is 0. The minimum Gasteiger partial charge on any atom is -0.436 e. The third-order valence-corrected chi connectivity index (χ3v) is 0.589. The second-order valence-corrected chi connectivity index (χ2v) is 1.11. The summed E-state index contributed by atoms with van der Waals surface area (Å²) in [5.74, 6) is 0. The molecule has 0 aliphatic rings. The monoisotopic (exact) mass is 103 g/mol. The first-order chi connectivity index (χ1) is 2.89. The van der Waals surface area contributed by atoms with Crippen LogP contribution < -0.4 is 0 Å². The molecule has 0 aromatic carbocycles. The van der Waals surface area contributed by atoms with Gasteiger partial charge in [0.15, 0.2) is 0 Å². The summed E-state index contributed by atoms with van der Waals surface area (Å²) in [6, 6.07) is 0. The van der Waals surface area contributed by atoms with Crippen LogP contribution in [-0.2, 0) is 0 Å². The molecule has 0 saturated carbocycles. The second kappa shape index (κ2) is 1.30. The van der Waals surface area contributed by atoms with Crippen LogP contribution in [0.4, 0.5) is 0 Å². The Kier molecular flexibility index (Phi) is 0.801. The number of hydrogen-bond acceptors (Lipinski definition) is 2. The molecule has 0 saturated heterocycles. The van der Waals surface area contributed by atoms with Crippen molar-refractivity contribution < 1.29 is 4.42 Å². The second-order valence-electron chi connectivity index (χ2n) is 0.785. The largest absolute Gasteiger partial charge is 0.436 e. The van der Waals surface area contributed by atoms with Crippen molar-refractivity contribution in [3.05, 3.63) is 17.8 Å². The Bertz CT molecular complexity index is 114. The van der Waals surface area contributed by atoms with Crippen molar-refractivity contribution in [3.8, 4) is 0 Å². The lowest BCUT2D eigenvalue weighted by Crippen LogP contribution is -1.49. The summed E-state index contributed by atoms with van der Waals surface area (Å²) in [6.07, 6.45) is 2.91. The van der Waals surface area contributed by atoms with Gasteiger partial charge in [0.05, 0.1) is 6.20 Å². The maximum absolute atomic E-state index is 5.18. The summed E-state index contributed by atoms with van der Waals surface area (Å²) < 4.78 is 4.49. The Morgan fingerprint density at radius 2 is 2.67 bits per heavy atom. The van der Waals surface area contributed by atoms with E-state index in [1.807, 2.05) is 0 Å². The van der Waals surface area contributed by atoms with Crippen molar-refractivity contribution in [3.63, 3.8) is 0 Å². The van der Waals surface area contributed by atoms with E-state index in [9.17, 15) is 0 Å².